The molecule has 1 heterocycles. The van der Waals surface area contributed by atoms with Crippen molar-refractivity contribution in [1.29, 1.82) is 0 Å². The van der Waals surface area contributed by atoms with Gasteiger partial charge in [-0.3, -0.25) is 9.59 Å². The highest BCUT2D eigenvalue weighted by Gasteiger charge is 2.28. The summed E-state index contributed by atoms with van der Waals surface area (Å²) in [6.45, 7) is 4.60. The lowest BCUT2D eigenvalue weighted by Gasteiger charge is -2.29. The van der Waals surface area contributed by atoms with Crippen LogP contribution < -0.4 is 10.6 Å². The molecule has 0 aliphatic carbocycles. The van der Waals surface area contributed by atoms with Gasteiger partial charge in [0.2, 0.25) is 5.91 Å². The molecule has 0 spiro atoms. The van der Waals surface area contributed by atoms with Crippen molar-refractivity contribution in [2.24, 2.45) is 5.92 Å². The molecule has 16 heavy (non-hydrogen) atoms. The molecule has 1 fully saturated rings. The number of nitrogens with one attached hydrogen (secondary N) is 2. The van der Waals surface area contributed by atoms with Gasteiger partial charge < -0.3 is 15.7 Å². The molecule has 92 valence electrons. The first-order chi connectivity index (χ1) is 7.50. The van der Waals surface area contributed by atoms with Gasteiger partial charge in [0.1, 0.15) is 0 Å². The Hall–Kier alpha value is -1.10. The standard InChI is InChI=1S/C11H20N2O3/c1-7-4-3-5-12-10(7)11(16)13-8(2)6-9(14)15/h7-8,10,12H,3-6H2,1-2H3,(H,13,16)(H,14,15). The Balaban J connectivity index is 2.41. The van der Waals surface area contributed by atoms with E-state index in [0.29, 0.717) is 5.92 Å². The second-order valence-electron chi connectivity index (χ2n) is 4.56. The van der Waals surface area contributed by atoms with Crippen LogP contribution in [-0.4, -0.2) is 35.6 Å². The van der Waals surface area contributed by atoms with E-state index in [0.717, 1.165) is 19.4 Å². The Morgan fingerprint density at radius 2 is 2.25 bits per heavy atom. The number of carbonyl (C=O) groups is 2. The van der Waals surface area contributed by atoms with Crippen LogP contribution in [0.5, 0.6) is 0 Å². The van der Waals surface area contributed by atoms with Crippen molar-refractivity contribution in [2.75, 3.05) is 6.54 Å². The quantitative estimate of drug-likeness (QED) is 0.649. The Morgan fingerprint density at radius 3 is 2.81 bits per heavy atom. The molecule has 1 aliphatic rings. The average molecular weight is 228 g/mol. The van der Waals surface area contributed by atoms with Crippen LogP contribution in [0.15, 0.2) is 0 Å². The summed E-state index contributed by atoms with van der Waals surface area (Å²) in [5, 5.41) is 14.5. The summed E-state index contributed by atoms with van der Waals surface area (Å²) in [6.07, 6.45) is 2.10. The monoisotopic (exact) mass is 228 g/mol. The van der Waals surface area contributed by atoms with Crippen LogP contribution in [0, 0.1) is 5.92 Å². The third-order valence-corrected chi connectivity index (χ3v) is 2.92. The first-order valence-corrected chi connectivity index (χ1v) is 5.76. The molecule has 1 saturated heterocycles. The number of amides is 1. The van der Waals surface area contributed by atoms with Crippen LogP contribution in [0.4, 0.5) is 0 Å². The van der Waals surface area contributed by atoms with Gasteiger partial charge >= 0.3 is 5.97 Å². The fourth-order valence-electron chi connectivity index (χ4n) is 2.05. The van der Waals surface area contributed by atoms with Crippen molar-refractivity contribution in [2.45, 2.75) is 45.2 Å². The van der Waals surface area contributed by atoms with Gasteiger partial charge in [0.15, 0.2) is 0 Å². The zero-order valence-electron chi connectivity index (χ0n) is 9.82. The molecule has 1 amide bonds. The minimum atomic E-state index is -0.891. The highest BCUT2D eigenvalue weighted by Crippen LogP contribution is 2.15. The van der Waals surface area contributed by atoms with Crippen molar-refractivity contribution >= 4 is 11.9 Å². The summed E-state index contributed by atoms with van der Waals surface area (Å²) < 4.78 is 0. The van der Waals surface area contributed by atoms with Crippen LogP contribution in [-0.2, 0) is 9.59 Å². The predicted molar refractivity (Wildman–Crippen MR) is 60.0 cm³/mol. The van der Waals surface area contributed by atoms with Gasteiger partial charge in [0.05, 0.1) is 12.5 Å². The van der Waals surface area contributed by atoms with E-state index >= 15 is 0 Å². The highest BCUT2D eigenvalue weighted by atomic mass is 16.4. The number of rotatable bonds is 4. The van der Waals surface area contributed by atoms with E-state index in [-0.39, 0.29) is 24.4 Å². The summed E-state index contributed by atoms with van der Waals surface area (Å²) in [6, 6.07) is -0.495. The number of piperidine rings is 1. The molecule has 0 bridgehead atoms. The van der Waals surface area contributed by atoms with E-state index in [1.165, 1.54) is 0 Å². The van der Waals surface area contributed by atoms with Gasteiger partial charge in [-0.05, 0) is 32.2 Å². The van der Waals surface area contributed by atoms with Crippen LogP contribution in [0.1, 0.15) is 33.1 Å². The Bertz CT molecular complexity index is 268. The lowest BCUT2D eigenvalue weighted by molar-refractivity contribution is -0.137. The molecule has 3 N–H and O–H groups in total. The fraction of sp³-hybridized carbons (Fsp3) is 0.818. The van der Waals surface area contributed by atoms with Gasteiger partial charge in [0.25, 0.3) is 0 Å². The van der Waals surface area contributed by atoms with Crippen molar-refractivity contribution in [3.63, 3.8) is 0 Å². The Morgan fingerprint density at radius 1 is 1.56 bits per heavy atom. The number of carboxylic acid groups (broad SMARTS) is 1. The molecule has 3 atom stereocenters. The molecule has 5 nitrogen and oxygen atoms in total. The number of carboxylic acids is 1. The van der Waals surface area contributed by atoms with Crippen LogP contribution in [0.3, 0.4) is 0 Å². The van der Waals surface area contributed by atoms with Crippen molar-refractivity contribution < 1.29 is 14.7 Å². The molecule has 1 aliphatic heterocycles. The number of hydrogen-bond acceptors (Lipinski definition) is 3. The van der Waals surface area contributed by atoms with Crippen molar-refractivity contribution in [3.05, 3.63) is 0 Å². The lowest BCUT2D eigenvalue weighted by atomic mass is 9.92. The predicted octanol–water partition coefficient (Wildman–Crippen LogP) is 0.354. The van der Waals surface area contributed by atoms with E-state index in [1.807, 2.05) is 6.92 Å². The van der Waals surface area contributed by atoms with Crippen molar-refractivity contribution in [3.8, 4) is 0 Å². The minimum Gasteiger partial charge on any atom is -0.481 e. The first kappa shape index (κ1) is 13.0. The normalized spacial score (nSPS) is 27.1. The van der Waals surface area contributed by atoms with Gasteiger partial charge in [-0.25, -0.2) is 0 Å². The maximum atomic E-state index is 11.8. The maximum absolute atomic E-state index is 11.8. The van der Waals surface area contributed by atoms with E-state index in [1.54, 1.807) is 6.92 Å². The number of aliphatic carboxylic acids is 1. The number of hydrogen-bond donors (Lipinski definition) is 3. The van der Waals surface area contributed by atoms with E-state index in [4.69, 9.17) is 5.11 Å². The average Bonchev–Trinajstić information content (AvgIpc) is 2.16. The first-order valence-electron chi connectivity index (χ1n) is 5.76. The largest absolute Gasteiger partial charge is 0.481 e. The summed E-state index contributed by atoms with van der Waals surface area (Å²) in [4.78, 5) is 22.3. The molecule has 1 rings (SSSR count). The maximum Gasteiger partial charge on any atom is 0.305 e. The zero-order chi connectivity index (χ0) is 12.1. The van der Waals surface area contributed by atoms with E-state index in [9.17, 15) is 9.59 Å². The molecular weight excluding hydrogens is 208 g/mol. The minimum absolute atomic E-state index is 0.0349. The summed E-state index contributed by atoms with van der Waals surface area (Å²) in [5.74, 6) is -0.663. The van der Waals surface area contributed by atoms with E-state index in [2.05, 4.69) is 10.6 Å². The highest BCUT2D eigenvalue weighted by molar-refractivity contribution is 5.83. The summed E-state index contributed by atoms with van der Waals surface area (Å²) >= 11 is 0. The van der Waals surface area contributed by atoms with Gasteiger partial charge in [-0.1, -0.05) is 6.92 Å². The Kier molecular flexibility index (Phi) is 4.73. The lowest BCUT2D eigenvalue weighted by Crippen LogP contribution is -2.52. The topological polar surface area (TPSA) is 78.4 Å². The zero-order valence-corrected chi connectivity index (χ0v) is 9.82. The summed E-state index contributed by atoms with van der Waals surface area (Å²) in [7, 11) is 0. The molecule has 0 aromatic heterocycles. The molecule has 0 aromatic rings. The second kappa shape index (κ2) is 5.84. The third kappa shape index (κ3) is 3.81. The van der Waals surface area contributed by atoms with Crippen LogP contribution in [0.25, 0.3) is 0 Å². The number of carbonyl (C=O) groups excluding carboxylic acids is 1. The SMILES string of the molecule is CC(CC(=O)O)NC(=O)C1NCCCC1C. The van der Waals surface area contributed by atoms with Crippen molar-refractivity contribution in [1.82, 2.24) is 10.6 Å². The van der Waals surface area contributed by atoms with Crippen LogP contribution >= 0.6 is 0 Å². The smallest absolute Gasteiger partial charge is 0.305 e. The molecular formula is C11H20N2O3. The van der Waals surface area contributed by atoms with E-state index < -0.39 is 5.97 Å². The van der Waals surface area contributed by atoms with Gasteiger partial charge in [-0.2, -0.15) is 0 Å². The molecule has 0 saturated carbocycles. The Labute approximate surface area is 95.6 Å². The second-order valence-corrected chi connectivity index (χ2v) is 4.56. The molecule has 3 unspecified atom stereocenters. The third-order valence-electron chi connectivity index (χ3n) is 2.92. The molecule has 0 radical (unpaired) electrons. The summed E-state index contributed by atoms with van der Waals surface area (Å²) in [5.41, 5.74) is 0. The fourth-order valence-corrected chi connectivity index (χ4v) is 2.05. The van der Waals surface area contributed by atoms with Gasteiger partial charge in [-0.15, -0.1) is 0 Å². The molecule has 5 heteroatoms. The van der Waals surface area contributed by atoms with Crippen LogP contribution in [0.2, 0.25) is 0 Å². The molecule has 0 aromatic carbocycles. The van der Waals surface area contributed by atoms with Gasteiger partial charge in [0, 0.05) is 6.04 Å².